The van der Waals surface area contributed by atoms with E-state index < -0.39 is 5.97 Å². The Morgan fingerprint density at radius 3 is 3.12 bits per heavy atom. The maximum atomic E-state index is 10.8. The van der Waals surface area contributed by atoms with Gasteiger partial charge in [-0.25, -0.2) is 9.78 Å². The van der Waals surface area contributed by atoms with Crippen LogP contribution in [0, 0.1) is 0 Å². The van der Waals surface area contributed by atoms with Crippen molar-refractivity contribution in [1.82, 2.24) is 4.98 Å². The summed E-state index contributed by atoms with van der Waals surface area (Å²) in [6, 6.07) is 2.63. The maximum Gasteiger partial charge on any atom is 0.335 e. The number of aromatic nitrogens is 1. The van der Waals surface area contributed by atoms with Gasteiger partial charge in [-0.05, 0) is 18.9 Å². The van der Waals surface area contributed by atoms with Crippen molar-refractivity contribution in [2.75, 3.05) is 13.2 Å². The normalized spacial score (nSPS) is 19.2. The van der Waals surface area contributed by atoms with Gasteiger partial charge in [-0.3, -0.25) is 0 Å². The average Bonchev–Trinajstić information content (AvgIpc) is 2.78. The number of halogens is 1. The van der Waals surface area contributed by atoms with Gasteiger partial charge in [0.15, 0.2) is 0 Å². The molecule has 92 valence electrons. The van der Waals surface area contributed by atoms with Gasteiger partial charge in [-0.15, -0.1) is 0 Å². The Morgan fingerprint density at radius 1 is 1.65 bits per heavy atom. The van der Waals surface area contributed by atoms with Crippen LogP contribution in [0.3, 0.4) is 0 Å². The Hall–Kier alpha value is -1.33. The van der Waals surface area contributed by atoms with Gasteiger partial charge in [-0.1, -0.05) is 11.6 Å². The monoisotopic (exact) mass is 257 g/mol. The van der Waals surface area contributed by atoms with Crippen LogP contribution in [0.4, 0.5) is 0 Å². The molecule has 0 aromatic carbocycles. The lowest BCUT2D eigenvalue weighted by atomic mass is 10.2. The van der Waals surface area contributed by atoms with Crippen molar-refractivity contribution in [1.29, 1.82) is 0 Å². The van der Waals surface area contributed by atoms with E-state index in [-0.39, 0.29) is 22.7 Å². The van der Waals surface area contributed by atoms with Crippen LogP contribution in [-0.4, -0.2) is 35.4 Å². The molecule has 1 atom stereocenters. The lowest BCUT2D eigenvalue weighted by molar-refractivity contribution is 0.0657. The summed E-state index contributed by atoms with van der Waals surface area (Å²) < 4.78 is 10.8. The third-order valence-electron chi connectivity index (χ3n) is 2.46. The largest absolute Gasteiger partial charge is 0.478 e. The van der Waals surface area contributed by atoms with Crippen LogP contribution in [-0.2, 0) is 4.74 Å². The Labute approximate surface area is 103 Å². The van der Waals surface area contributed by atoms with E-state index in [1.807, 2.05) is 0 Å². The summed E-state index contributed by atoms with van der Waals surface area (Å²) >= 11 is 5.70. The van der Waals surface area contributed by atoms with Crippen molar-refractivity contribution >= 4 is 17.6 Å². The number of carboxylic acids is 1. The molecule has 0 aliphatic carbocycles. The van der Waals surface area contributed by atoms with Crippen LogP contribution in [0.25, 0.3) is 0 Å². The molecular weight excluding hydrogens is 246 g/mol. The number of nitrogens with zero attached hydrogens (tertiary/aromatic N) is 1. The van der Waals surface area contributed by atoms with E-state index in [0.717, 1.165) is 19.4 Å². The van der Waals surface area contributed by atoms with Gasteiger partial charge in [0.1, 0.15) is 11.8 Å². The van der Waals surface area contributed by atoms with Gasteiger partial charge in [0.2, 0.25) is 5.88 Å². The zero-order chi connectivity index (χ0) is 12.3. The quantitative estimate of drug-likeness (QED) is 0.836. The van der Waals surface area contributed by atoms with Gasteiger partial charge in [0.25, 0.3) is 0 Å². The van der Waals surface area contributed by atoms with E-state index in [9.17, 15) is 4.79 Å². The molecule has 6 heteroatoms. The van der Waals surface area contributed by atoms with Crippen LogP contribution >= 0.6 is 11.6 Å². The van der Waals surface area contributed by atoms with Crippen LogP contribution in [0.2, 0.25) is 5.15 Å². The molecule has 2 heterocycles. The van der Waals surface area contributed by atoms with Gasteiger partial charge in [0, 0.05) is 12.7 Å². The molecule has 1 aliphatic heterocycles. The van der Waals surface area contributed by atoms with E-state index in [0.29, 0.717) is 6.61 Å². The lowest BCUT2D eigenvalue weighted by Gasteiger charge is -2.11. The Kier molecular flexibility index (Phi) is 3.81. The molecule has 0 bridgehead atoms. The minimum atomic E-state index is -1.06. The second-order valence-electron chi connectivity index (χ2n) is 3.77. The van der Waals surface area contributed by atoms with Crippen LogP contribution < -0.4 is 4.74 Å². The van der Waals surface area contributed by atoms with Crippen molar-refractivity contribution in [3.63, 3.8) is 0 Å². The Morgan fingerprint density at radius 2 is 2.47 bits per heavy atom. The number of aromatic carboxylic acids is 1. The third kappa shape index (κ3) is 3.31. The fourth-order valence-corrected chi connectivity index (χ4v) is 1.83. The standard InChI is InChI=1S/C11H12ClNO4/c12-9-4-7(11(14)15)5-10(13-9)17-6-8-2-1-3-16-8/h4-5,8H,1-3,6H2,(H,14,15)/t8-/m1/s1. The second kappa shape index (κ2) is 5.33. The number of hydrogen-bond acceptors (Lipinski definition) is 4. The number of carbonyl (C=O) groups is 1. The number of ether oxygens (including phenoxy) is 2. The molecule has 0 amide bonds. The first-order valence-corrected chi connectivity index (χ1v) is 5.68. The van der Waals surface area contributed by atoms with Gasteiger partial charge >= 0.3 is 5.97 Å². The van der Waals surface area contributed by atoms with Crippen molar-refractivity contribution in [2.45, 2.75) is 18.9 Å². The minimum absolute atomic E-state index is 0.0593. The van der Waals surface area contributed by atoms with E-state index in [2.05, 4.69) is 4.98 Å². The van der Waals surface area contributed by atoms with Crippen molar-refractivity contribution < 1.29 is 19.4 Å². The number of pyridine rings is 1. The second-order valence-corrected chi connectivity index (χ2v) is 4.16. The summed E-state index contributed by atoms with van der Waals surface area (Å²) in [5, 5.41) is 8.95. The van der Waals surface area contributed by atoms with E-state index in [1.165, 1.54) is 12.1 Å². The molecule has 0 spiro atoms. The molecule has 1 fully saturated rings. The summed E-state index contributed by atoms with van der Waals surface area (Å²) in [4.78, 5) is 14.7. The topological polar surface area (TPSA) is 68.7 Å². The molecule has 1 aliphatic rings. The molecule has 0 saturated carbocycles. The van der Waals surface area contributed by atoms with Crippen LogP contribution in [0.5, 0.6) is 5.88 Å². The molecule has 1 N–H and O–H groups in total. The van der Waals surface area contributed by atoms with Crippen LogP contribution in [0.15, 0.2) is 12.1 Å². The summed E-state index contributed by atoms with van der Waals surface area (Å²) in [5.41, 5.74) is 0.0624. The highest BCUT2D eigenvalue weighted by atomic mass is 35.5. The predicted molar refractivity (Wildman–Crippen MR) is 60.7 cm³/mol. The summed E-state index contributed by atoms with van der Waals surface area (Å²) in [6.45, 7) is 1.11. The molecule has 1 aromatic heterocycles. The fourth-order valence-electron chi connectivity index (χ4n) is 1.62. The molecule has 1 saturated heterocycles. The smallest absolute Gasteiger partial charge is 0.335 e. The predicted octanol–water partition coefficient (Wildman–Crippen LogP) is 1.99. The third-order valence-corrected chi connectivity index (χ3v) is 2.65. The van der Waals surface area contributed by atoms with E-state index >= 15 is 0 Å². The summed E-state index contributed by atoms with van der Waals surface area (Å²) in [7, 11) is 0. The zero-order valence-corrected chi connectivity index (χ0v) is 9.81. The highest BCUT2D eigenvalue weighted by molar-refractivity contribution is 6.29. The average molecular weight is 258 g/mol. The fraction of sp³-hybridized carbons (Fsp3) is 0.455. The minimum Gasteiger partial charge on any atom is -0.478 e. The first kappa shape index (κ1) is 12.1. The number of carboxylic acid groups (broad SMARTS) is 1. The SMILES string of the molecule is O=C(O)c1cc(Cl)nc(OC[C@H]2CCCO2)c1. The van der Waals surface area contributed by atoms with Crippen molar-refractivity contribution in [3.05, 3.63) is 22.8 Å². The maximum absolute atomic E-state index is 10.8. The highest BCUT2D eigenvalue weighted by Gasteiger charge is 2.17. The van der Waals surface area contributed by atoms with Gasteiger partial charge < -0.3 is 14.6 Å². The van der Waals surface area contributed by atoms with Crippen molar-refractivity contribution in [3.8, 4) is 5.88 Å². The summed E-state index contributed by atoms with van der Waals surface area (Å²) in [6.07, 6.45) is 2.04. The number of hydrogen-bond donors (Lipinski definition) is 1. The molecule has 5 nitrogen and oxygen atoms in total. The molecule has 0 radical (unpaired) electrons. The first-order valence-electron chi connectivity index (χ1n) is 5.30. The molecule has 2 rings (SSSR count). The highest BCUT2D eigenvalue weighted by Crippen LogP contribution is 2.18. The molecular formula is C11H12ClNO4. The zero-order valence-electron chi connectivity index (χ0n) is 9.06. The summed E-state index contributed by atoms with van der Waals surface area (Å²) in [5.74, 6) is -0.846. The molecule has 17 heavy (non-hydrogen) atoms. The number of rotatable bonds is 4. The van der Waals surface area contributed by atoms with E-state index in [4.69, 9.17) is 26.2 Å². The van der Waals surface area contributed by atoms with Crippen LogP contribution in [0.1, 0.15) is 23.2 Å². The van der Waals surface area contributed by atoms with Gasteiger partial charge in [-0.2, -0.15) is 0 Å². The molecule has 1 aromatic rings. The Balaban J connectivity index is 2.01. The van der Waals surface area contributed by atoms with Crippen molar-refractivity contribution in [2.24, 2.45) is 0 Å². The van der Waals surface area contributed by atoms with E-state index in [1.54, 1.807) is 0 Å². The lowest BCUT2D eigenvalue weighted by Crippen LogP contribution is -2.17. The Bertz CT molecular complexity index is 418. The van der Waals surface area contributed by atoms with Gasteiger partial charge in [0.05, 0.1) is 11.7 Å². The first-order chi connectivity index (χ1) is 8.15. The molecule has 0 unspecified atom stereocenters.